The van der Waals surface area contributed by atoms with Crippen molar-refractivity contribution in [2.75, 3.05) is 6.61 Å². The molecule has 0 aliphatic rings. The lowest BCUT2D eigenvalue weighted by molar-refractivity contribution is 0.0948. The Balaban J connectivity index is 2.36. The van der Waals surface area contributed by atoms with Crippen molar-refractivity contribution in [2.45, 2.75) is 33.8 Å². The van der Waals surface area contributed by atoms with E-state index in [4.69, 9.17) is 4.74 Å². The maximum atomic E-state index is 5.49. The highest BCUT2D eigenvalue weighted by Crippen LogP contribution is 2.03. The van der Waals surface area contributed by atoms with Gasteiger partial charge in [0.05, 0.1) is 12.3 Å². The zero-order valence-electron chi connectivity index (χ0n) is 9.29. The molecular weight excluding hydrogens is 174 g/mol. The van der Waals surface area contributed by atoms with Gasteiger partial charge in [-0.2, -0.15) is 0 Å². The predicted molar refractivity (Wildman–Crippen MR) is 58.1 cm³/mol. The first kappa shape index (κ1) is 11.2. The zero-order chi connectivity index (χ0) is 10.4. The summed E-state index contributed by atoms with van der Waals surface area (Å²) >= 11 is 0. The summed E-state index contributed by atoms with van der Waals surface area (Å²) in [6.07, 6.45) is 2.97. The molecule has 0 fully saturated rings. The number of aromatic nitrogens is 1. The molecule has 0 atom stereocenters. The Morgan fingerprint density at radius 1 is 1.36 bits per heavy atom. The molecule has 0 aliphatic carbocycles. The van der Waals surface area contributed by atoms with Crippen LogP contribution in [0, 0.1) is 5.92 Å². The quantitative estimate of drug-likeness (QED) is 0.717. The SMILES string of the molecule is CCc1ccc(COCC(C)C)nc1. The Hall–Kier alpha value is -0.890. The summed E-state index contributed by atoms with van der Waals surface area (Å²) in [5.41, 5.74) is 2.29. The molecule has 0 aromatic carbocycles. The van der Waals surface area contributed by atoms with Crippen molar-refractivity contribution >= 4 is 0 Å². The molecule has 0 amide bonds. The van der Waals surface area contributed by atoms with Gasteiger partial charge in [0.25, 0.3) is 0 Å². The Morgan fingerprint density at radius 2 is 2.14 bits per heavy atom. The molecule has 0 unspecified atom stereocenters. The van der Waals surface area contributed by atoms with E-state index in [0.717, 1.165) is 18.7 Å². The minimum absolute atomic E-state index is 0.588. The summed E-state index contributed by atoms with van der Waals surface area (Å²) in [7, 11) is 0. The number of hydrogen-bond acceptors (Lipinski definition) is 2. The largest absolute Gasteiger partial charge is 0.375 e. The van der Waals surface area contributed by atoms with Crippen LogP contribution in [-0.2, 0) is 17.8 Å². The Bertz CT molecular complexity index is 254. The molecule has 0 bridgehead atoms. The molecule has 0 N–H and O–H groups in total. The monoisotopic (exact) mass is 193 g/mol. The van der Waals surface area contributed by atoms with Crippen molar-refractivity contribution in [3.05, 3.63) is 29.6 Å². The minimum Gasteiger partial charge on any atom is -0.375 e. The van der Waals surface area contributed by atoms with E-state index in [9.17, 15) is 0 Å². The summed E-state index contributed by atoms with van der Waals surface area (Å²) in [6.45, 7) is 7.85. The highest BCUT2D eigenvalue weighted by molar-refractivity contribution is 5.13. The second-order valence-corrected chi connectivity index (χ2v) is 3.92. The summed E-state index contributed by atoms with van der Waals surface area (Å²) in [4.78, 5) is 4.32. The molecule has 78 valence electrons. The maximum absolute atomic E-state index is 5.49. The van der Waals surface area contributed by atoms with Crippen LogP contribution in [0.15, 0.2) is 18.3 Å². The number of rotatable bonds is 5. The maximum Gasteiger partial charge on any atom is 0.0887 e. The standard InChI is InChI=1S/C12H19NO/c1-4-11-5-6-12(13-7-11)9-14-8-10(2)3/h5-7,10H,4,8-9H2,1-3H3. The lowest BCUT2D eigenvalue weighted by Gasteiger charge is -2.06. The van der Waals surface area contributed by atoms with Crippen LogP contribution in [0.5, 0.6) is 0 Å². The lowest BCUT2D eigenvalue weighted by atomic mass is 10.2. The molecule has 1 aromatic heterocycles. The van der Waals surface area contributed by atoms with E-state index in [-0.39, 0.29) is 0 Å². The van der Waals surface area contributed by atoms with Gasteiger partial charge < -0.3 is 4.74 Å². The number of ether oxygens (including phenoxy) is 1. The van der Waals surface area contributed by atoms with Gasteiger partial charge in [0, 0.05) is 12.8 Å². The van der Waals surface area contributed by atoms with Crippen LogP contribution in [0.1, 0.15) is 32.0 Å². The van der Waals surface area contributed by atoms with Crippen molar-refractivity contribution in [1.29, 1.82) is 0 Å². The normalized spacial score (nSPS) is 10.9. The van der Waals surface area contributed by atoms with Gasteiger partial charge in [-0.1, -0.05) is 26.8 Å². The zero-order valence-corrected chi connectivity index (χ0v) is 9.29. The topological polar surface area (TPSA) is 22.1 Å². The van der Waals surface area contributed by atoms with Gasteiger partial charge in [0.2, 0.25) is 0 Å². The number of nitrogens with zero attached hydrogens (tertiary/aromatic N) is 1. The Morgan fingerprint density at radius 3 is 2.64 bits per heavy atom. The van der Waals surface area contributed by atoms with Crippen molar-refractivity contribution < 1.29 is 4.74 Å². The van der Waals surface area contributed by atoms with E-state index in [1.807, 2.05) is 12.3 Å². The lowest BCUT2D eigenvalue weighted by Crippen LogP contribution is -2.03. The molecule has 1 heterocycles. The van der Waals surface area contributed by atoms with E-state index in [2.05, 4.69) is 31.8 Å². The first-order chi connectivity index (χ1) is 6.72. The molecule has 2 nitrogen and oxygen atoms in total. The summed E-state index contributed by atoms with van der Waals surface area (Å²) in [6, 6.07) is 4.15. The second-order valence-electron chi connectivity index (χ2n) is 3.92. The molecule has 0 radical (unpaired) electrons. The molecule has 0 saturated carbocycles. The molecule has 2 heteroatoms. The predicted octanol–water partition coefficient (Wildman–Crippen LogP) is 2.82. The fourth-order valence-electron chi connectivity index (χ4n) is 1.15. The van der Waals surface area contributed by atoms with Crippen molar-refractivity contribution in [3.8, 4) is 0 Å². The van der Waals surface area contributed by atoms with Crippen molar-refractivity contribution in [2.24, 2.45) is 5.92 Å². The average molecular weight is 193 g/mol. The van der Waals surface area contributed by atoms with E-state index >= 15 is 0 Å². The van der Waals surface area contributed by atoms with Crippen LogP contribution >= 0.6 is 0 Å². The molecule has 0 spiro atoms. The molecule has 0 saturated heterocycles. The second kappa shape index (κ2) is 5.76. The number of pyridine rings is 1. The third kappa shape index (κ3) is 3.88. The third-order valence-corrected chi connectivity index (χ3v) is 2.00. The molecule has 14 heavy (non-hydrogen) atoms. The van der Waals surface area contributed by atoms with E-state index in [0.29, 0.717) is 12.5 Å². The van der Waals surface area contributed by atoms with Gasteiger partial charge in [-0.05, 0) is 24.0 Å². The highest BCUT2D eigenvalue weighted by Gasteiger charge is 1.97. The fourth-order valence-corrected chi connectivity index (χ4v) is 1.15. The van der Waals surface area contributed by atoms with Crippen molar-refractivity contribution in [1.82, 2.24) is 4.98 Å². The van der Waals surface area contributed by atoms with Gasteiger partial charge in [-0.3, -0.25) is 4.98 Å². The van der Waals surface area contributed by atoms with Gasteiger partial charge >= 0.3 is 0 Å². The van der Waals surface area contributed by atoms with E-state index in [1.165, 1.54) is 5.56 Å². The van der Waals surface area contributed by atoms with Gasteiger partial charge in [-0.15, -0.1) is 0 Å². The van der Waals surface area contributed by atoms with Gasteiger partial charge in [0.1, 0.15) is 0 Å². The molecule has 1 aromatic rings. The van der Waals surface area contributed by atoms with Crippen LogP contribution < -0.4 is 0 Å². The van der Waals surface area contributed by atoms with Crippen LogP contribution in [0.2, 0.25) is 0 Å². The number of hydrogen-bond donors (Lipinski definition) is 0. The Kier molecular flexibility index (Phi) is 4.60. The first-order valence-electron chi connectivity index (χ1n) is 5.24. The third-order valence-electron chi connectivity index (χ3n) is 2.00. The summed E-state index contributed by atoms with van der Waals surface area (Å²) in [5, 5.41) is 0. The van der Waals surface area contributed by atoms with E-state index in [1.54, 1.807) is 0 Å². The molecule has 0 aliphatic heterocycles. The van der Waals surface area contributed by atoms with Crippen LogP contribution in [0.4, 0.5) is 0 Å². The van der Waals surface area contributed by atoms with Crippen LogP contribution in [0.3, 0.4) is 0 Å². The molecule has 1 rings (SSSR count). The fraction of sp³-hybridized carbons (Fsp3) is 0.583. The Labute approximate surface area is 86.3 Å². The first-order valence-corrected chi connectivity index (χ1v) is 5.24. The van der Waals surface area contributed by atoms with Crippen LogP contribution in [-0.4, -0.2) is 11.6 Å². The highest BCUT2D eigenvalue weighted by atomic mass is 16.5. The molecular formula is C12H19NO. The number of aryl methyl sites for hydroxylation is 1. The minimum atomic E-state index is 0.588. The van der Waals surface area contributed by atoms with Gasteiger partial charge in [-0.25, -0.2) is 0 Å². The van der Waals surface area contributed by atoms with E-state index < -0.39 is 0 Å². The summed E-state index contributed by atoms with van der Waals surface area (Å²) in [5.74, 6) is 0.588. The van der Waals surface area contributed by atoms with Crippen LogP contribution in [0.25, 0.3) is 0 Å². The average Bonchev–Trinajstić information content (AvgIpc) is 2.18. The van der Waals surface area contributed by atoms with Crippen molar-refractivity contribution in [3.63, 3.8) is 0 Å². The summed E-state index contributed by atoms with van der Waals surface area (Å²) < 4.78 is 5.49. The smallest absolute Gasteiger partial charge is 0.0887 e. The van der Waals surface area contributed by atoms with Gasteiger partial charge in [0.15, 0.2) is 0 Å².